The lowest BCUT2D eigenvalue weighted by Gasteiger charge is -2.38. The maximum atomic E-state index is 13.7. The van der Waals surface area contributed by atoms with E-state index in [9.17, 15) is 14.0 Å². The molecule has 7 heteroatoms. The molecule has 3 amide bonds. The summed E-state index contributed by atoms with van der Waals surface area (Å²) in [4.78, 5) is 25.6. The van der Waals surface area contributed by atoms with Crippen LogP contribution >= 0.6 is 0 Å². The summed E-state index contributed by atoms with van der Waals surface area (Å²) in [5.74, 6) is -0.579. The van der Waals surface area contributed by atoms with E-state index < -0.39 is 11.6 Å². The number of amides is 3. The molecule has 1 unspecified atom stereocenters. The van der Waals surface area contributed by atoms with Crippen LogP contribution in [0.5, 0.6) is 0 Å². The SMILES string of the molecule is O=C1NC(=O)C2(CCCN(Cc3ccc(F)c4ccoc34)C2)N1. The zero-order valence-corrected chi connectivity index (χ0v) is 12.4. The number of halogens is 1. The number of furan rings is 1. The van der Waals surface area contributed by atoms with Gasteiger partial charge < -0.3 is 9.73 Å². The van der Waals surface area contributed by atoms with E-state index in [0.717, 1.165) is 18.5 Å². The molecule has 4 rings (SSSR count). The Morgan fingerprint density at radius 1 is 1.30 bits per heavy atom. The topological polar surface area (TPSA) is 74.6 Å². The lowest BCUT2D eigenvalue weighted by atomic mass is 9.89. The van der Waals surface area contributed by atoms with Crippen LogP contribution in [-0.4, -0.2) is 35.5 Å². The van der Waals surface area contributed by atoms with Gasteiger partial charge in [-0.15, -0.1) is 0 Å². The Kier molecular flexibility index (Phi) is 3.12. The van der Waals surface area contributed by atoms with Crippen molar-refractivity contribution >= 4 is 22.9 Å². The third-order valence-corrected chi connectivity index (χ3v) is 4.62. The number of hydrogen-bond acceptors (Lipinski definition) is 4. The second kappa shape index (κ2) is 5.06. The number of urea groups is 1. The monoisotopic (exact) mass is 317 g/mol. The number of nitrogens with zero attached hydrogens (tertiary/aromatic N) is 1. The number of rotatable bonds is 2. The normalized spacial score (nSPS) is 25.1. The van der Waals surface area contributed by atoms with Crippen LogP contribution < -0.4 is 10.6 Å². The largest absolute Gasteiger partial charge is 0.464 e. The van der Waals surface area contributed by atoms with Crippen molar-refractivity contribution in [1.82, 2.24) is 15.5 Å². The fourth-order valence-electron chi connectivity index (χ4n) is 3.55. The van der Waals surface area contributed by atoms with Gasteiger partial charge in [0, 0.05) is 18.7 Å². The Hall–Kier alpha value is -2.41. The average Bonchev–Trinajstić information content (AvgIpc) is 3.09. The van der Waals surface area contributed by atoms with Crippen molar-refractivity contribution in [2.75, 3.05) is 13.1 Å². The Labute approximate surface area is 131 Å². The molecule has 23 heavy (non-hydrogen) atoms. The lowest BCUT2D eigenvalue weighted by molar-refractivity contribution is -0.126. The van der Waals surface area contributed by atoms with E-state index in [0.29, 0.717) is 30.5 Å². The Bertz CT molecular complexity index is 803. The zero-order chi connectivity index (χ0) is 16.0. The van der Waals surface area contributed by atoms with Gasteiger partial charge in [0.1, 0.15) is 16.9 Å². The highest BCUT2D eigenvalue weighted by molar-refractivity contribution is 6.07. The van der Waals surface area contributed by atoms with Crippen molar-refractivity contribution in [1.29, 1.82) is 0 Å². The third kappa shape index (κ3) is 2.28. The van der Waals surface area contributed by atoms with Crippen LogP contribution in [-0.2, 0) is 11.3 Å². The molecule has 0 radical (unpaired) electrons. The highest BCUT2D eigenvalue weighted by atomic mass is 19.1. The molecule has 2 fully saturated rings. The van der Waals surface area contributed by atoms with Gasteiger partial charge in [0.2, 0.25) is 0 Å². The molecule has 1 atom stereocenters. The molecule has 0 aliphatic carbocycles. The summed E-state index contributed by atoms with van der Waals surface area (Å²) in [6, 6.07) is 4.30. The summed E-state index contributed by atoms with van der Waals surface area (Å²) in [6.07, 6.45) is 2.90. The van der Waals surface area contributed by atoms with Crippen molar-refractivity contribution < 1.29 is 18.4 Å². The molecule has 3 heterocycles. The van der Waals surface area contributed by atoms with Crippen LogP contribution in [0.2, 0.25) is 0 Å². The maximum absolute atomic E-state index is 13.7. The first-order valence-corrected chi connectivity index (χ1v) is 7.58. The van der Waals surface area contributed by atoms with Gasteiger partial charge in [-0.25, -0.2) is 9.18 Å². The molecule has 2 aromatic rings. The van der Waals surface area contributed by atoms with Gasteiger partial charge in [-0.05, 0) is 31.5 Å². The number of hydrogen-bond donors (Lipinski definition) is 2. The molecule has 1 aromatic heterocycles. The molecule has 2 aliphatic rings. The summed E-state index contributed by atoms with van der Waals surface area (Å²) in [5.41, 5.74) is 0.551. The minimum Gasteiger partial charge on any atom is -0.464 e. The predicted octanol–water partition coefficient (Wildman–Crippen LogP) is 1.75. The van der Waals surface area contributed by atoms with Gasteiger partial charge in [0.05, 0.1) is 11.6 Å². The van der Waals surface area contributed by atoms with Crippen LogP contribution in [0, 0.1) is 5.82 Å². The van der Waals surface area contributed by atoms with Gasteiger partial charge in [-0.3, -0.25) is 15.0 Å². The number of nitrogens with one attached hydrogen (secondary N) is 2. The van der Waals surface area contributed by atoms with Crippen LogP contribution in [0.1, 0.15) is 18.4 Å². The van der Waals surface area contributed by atoms with Gasteiger partial charge in [0.25, 0.3) is 5.91 Å². The zero-order valence-electron chi connectivity index (χ0n) is 12.4. The fourth-order valence-corrected chi connectivity index (χ4v) is 3.55. The molecule has 1 aromatic carbocycles. The molecule has 2 aliphatic heterocycles. The van der Waals surface area contributed by atoms with E-state index in [2.05, 4.69) is 15.5 Å². The summed E-state index contributed by atoms with van der Waals surface area (Å²) in [6.45, 7) is 1.78. The van der Waals surface area contributed by atoms with Gasteiger partial charge in [-0.2, -0.15) is 0 Å². The lowest BCUT2D eigenvalue weighted by Crippen LogP contribution is -2.58. The van der Waals surface area contributed by atoms with Gasteiger partial charge >= 0.3 is 6.03 Å². The smallest absolute Gasteiger partial charge is 0.322 e. The second-order valence-electron chi connectivity index (χ2n) is 6.17. The van der Waals surface area contributed by atoms with Crippen LogP contribution in [0.3, 0.4) is 0 Å². The molecule has 2 N–H and O–H groups in total. The standard InChI is InChI=1S/C16H16FN3O3/c17-12-3-2-10(13-11(12)4-7-23-13)8-20-6-1-5-16(9-20)14(21)18-15(22)19-16/h2-4,7H,1,5-6,8-9H2,(H2,18,19,21,22). The molecular formula is C16H16FN3O3. The van der Waals surface area contributed by atoms with E-state index in [1.54, 1.807) is 12.1 Å². The highest BCUT2D eigenvalue weighted by Crippen LogP contribution is 2.28. The number of fused-ring (bicyclic) bond motifs is 1. The van der Waals surface area contributed by atoms with Crippen molar-refractivity contribution in [2.24, 2.45) is 0 Å². The molecule has 0 bridgehead atoms. The first-order chi connectivity index (χ1) is 11.1. The molecule has 0 saturated carbocycles. The van der Waals surface area contributed by atoms with Crippen molar-refractivity contribution in [2.45, 2.75) is 24.9 Å². The van der Waals surface area contributed by atoms with E-state index in [1.807, 2.05) is 0 Å². The molecule has 1 spiro atoms. The molecular weight excluding hydrogens is 301 g/mol. The second-order valence-corrected chi connectivity index (χ2v) is 6.17. The number of imide groups is 1. The number of carbonyl (C=O) groups is 2. The van der Waals surface area contributed by atoms with Gasteiger partial charge in [0.15, 0.2) is 0 Å². The van der Waals surface area contributed by atoms with Crippen molar-refractivity contribution in [3.8, 4) is 0 Å². The maximum Gasteiger partial charge on any atom is 0.322 e. The van der Waals surface area contributed by atoms with Crippen molar-refractivity contribution in [3.63, 3.8) is 0 Å². The molecule has 2 saturated heterocycles. The first kappa shape index (κ1) is 14.2. The average molecular weight is 317 g/mol. The number of benzene rings is 1. The van der Waals surface area contributed by atoms with E-state index in [1.165, 1.54) is 12.3 Å². The summed E-state index contributed by atoms with van der Waals surface area (Å²) in [7, 11) is 0. The van der Waals surface area contributed by atoms with E-state index in [-0.39, 0.29) is 11.7 Å². The fraction of sp³-hybridized carbons (Fsp3) is 0.375. The Morgan fingerprint density at radius 3 is 2.96 bits per heavy atom. The predicted molar refractivity (Wildman–Crippen MR) is 80.1 cm³/mol. The van der Waals surface area contributed by atoms with E-state index >= 15 is 0 Å². The quantitative estimate of drug-likeness (QED) is 0.828. The minimum atomic E-state index is -0.850. The number of piperidine rings is 1. The molecule has 6 nitrogen and oxygen atoms in total. The van der Waals surface area contributed by atoms with Crippen LogP contribution in [0.15, 0.2) is 28.9 Å². The summed E-state index contributed by atoms with van der Waals surface area (Å²) < 4.78 is 19.1. The Balaban J connectivity index is 1.59. The number of likely N-dealkylation sites (tertiary alicyclic amines) is 1. The summed E-state index contributed by atoms with van der Waals surface area (Å²) in [5, 5.41) is 5.52. The van der Waals surface area contributed by atoms with Crippen molar-refractivity contribution in [3.05, 3.63) is 35.8 Å². The van der Waals surface area contributed by atoms with E-state index in [4.69, 9.17) is 4.42 Å². The van der Waals surface area contributed by atoms with Crippen LogP contribution in [0.25, 0.3) is 11.0 Å². The number of carbonyl (C=O) groups excluding carboxylic acids is 2. The van der Waals surface area contributed by atoms with Crippen LogP contribution in [0.4, 0.5) is 9.18 Å². The summed E-state index contributed by atoms with van der Waals surface area (Å²) >= 11 is 0. The highest BCUT2D eigenvalue weighted by Gasteiger charge is 2.48. The first-order valence-electron chi connectivity index (χ1n) is 7.58. The minimum absolute atomic E-state index is 0.269. The molecule has 120 valence electrons. The Morgan fingerprint density at radius 2 is 2.17 bits per heavy atom. The third-order valence-electron chi connectivity index (χ3n) is 4.62. The van der Waals surface area contributed by atoms with Gasteiger partial charge in [-0.1, -0.05) is 6.07 Å².